The third-order valence-corrected chi connectivity index (χ3v) is 4.77. The summed E-state index contributed by atoms with van der Waals surface area (Å²) in [6.45, 7) is 0. The fraction of sp³-hybridized carbons (Fsp3) is 0.750. The first-order valence-corrected chi connectivity index (χ1v) is 6.33. The largest absolute Gasteiger partial charge is 0.246 e. The molecule has 0 aromatic rings. The standard InChI is InChI=1S/C8H12N4S2/c1-2-4-7-5(9-13-11-7)3-6-8(4)12-14-10-6/h1,4-12H,3H2. The number of fused-ring (bicyclic) bond motifs is 2. The average molecular weight is 228 g/mol. The summed E-state index contributed by atoms with van der Waals surface area (Å²) in [5, 5.41) is 0. The lowest BCUT2D eigenvalue weighted by molar-refractivity contribution is 0.244. The Kier molecular flexibility index (Phi) is 2.40. The predicted octanol–water partition coefficient (Wildman–Crippen LogP) is -0.374. The van der Waals surface area contributed by atoms with E-state index in [0.717, 1.165) is 6.42 Å². The molecule has 76 valence electrons. The van der Waals surface area contributed by atoms with E-state index < -0.39 is 0 Å². The van der Waals surface area contributed by atoms with Gasteiger partial charge in [-0.1, -0.05) is 5.92 Å². The van der Waals surface area contributed by atoms with Crippen molar-refractivity contribution in [1.29, 1.82) is 0 Å². The molecule has 0 amide bonds. The molecule has 4 atom stereocenters. The van der Waals surface area contributed by atoms with Crippen molar-refractivity contribution in [2.75, 3.05) is 0 Å². The van der Waals surface area contributed by atoms with Gasteiger partial charge in [-0.05, 0) is 6.42 Å². The highest BCUT2D eigenvalue weighted by molar-refractivity contribution is 7.96. The highest BCUT2D eigenvalue weighted by atomic mass is 32.2. The molecular formula is C8H12N4S2. The van der Waals surface area contributed by atoms with Crippen LogP contribution in [0.1, 0.15) is 6.42 Å². The Morgan fingerprint density at radius 2 is 1.57 bits per heavy atom. The van der Waals surface area contributed by atoms with Gasteiger partial charge in [0.05, 0.1) is 18.0 Å². The Morgan fingerprint density at radius 1 is 1.00 bits per heavy atom. The van der Waals surface area contributed by atoms with Crippen LogP contribution in [0.5, 0.6) is 0 Å². The molecule has 1 aliphatic carbocycles. The van der Waals surface area contributed by atoms with Gasteiger partial charge in [0.25, 0.3) is 0 Å². The van der Waals surface area contributed by atoms with Crippen LogP contribution in [0.2, 0.25) is 0 Å². The maximum absolute atomic E-state index is 5.61. The maximum atomic E-state index is 5.61. The Labute approximate surface area is 92.3 Å². The first kappa shape index (κ1) is 9.33. The lowest BCUT2D eigenvalue weighted by Crippen LogP contribution is -2.57. The molecule has 4 nitrogen and oxygen atoms in total. The molecule has 0 aromatic heterocycles. The number of rotatable bonds is 0. The van der Waals surface area contributed by atoms with Crippen molar-refractivity contribution < 1.29 is 0 Å². The van der Waals surface area contributed by atoms with E-state index in [-0.39, 0.29) is 5.92 Å². The van der Waals surface area contributed by atoms with Crippen LogP contribution in [-0.4, -0.2) is 24.2 Å². The van der Waals surface area contributed by atoms with Crippen molar-refractivity contribution in [3.05, 3.63) is 0 Å². The van der Waals surface area contributed by atoms with Crippen molar-refractivity contribution in [3.63, 3.8) is 0 Å². The summed E-state index contributed by atoms with van der Waals surface area (Å²) in [6, 6.07) is 1.80. The fourth-order valence-electron chi connectivity index (χ4n) is 2.41. The summed E-state index contributed by atoms with van der Waals surface area (Å²) in [5.41, 5.74) is 0. The quantitative estimate of drug-likeness (QED) is 0.335. The van der Waals surface area contributed by atoms with Gasteiger partial charge in [-0.2, -0.15) is 0 Å². The molecule has 2 heterocycles. The van der Waals surface area contributed by atoms with Gasteiger partial charge in [0.2, 0.25) is 0 Å². The van der Waals surface area contributed by atoms with Gasteiger partial charge >= 0.3 is 0 Å². The van der Waals surface area contributed by atoms with E-state index in [2.05, 4.69) is 24.8 Å². The predicted molar refractivity (Wildman–Crippen MR) is 59.8 cm³/mol. The van der Waals surface area contributed by atoms with Gasteiger partial charge in [0.1, 0.15) is 0 Å². The van der Waals surface area contributed by atoms with Gasteiger partial charge in [-0.25, -0.2) is 18.9 Å². The van der Waals surface area contributed by atoms with Gasteiger partial charge in [-0.3, -0.25) is 0 Å². The average Bonchev–Trinajstić information content (AvgIpc) is 2.80. The zero-order chi connectivity index (χ0) is 9.54. The van der Waals surface area contributed by atoms with Crippen molar-refractivity contribution >= 4 is 24.3 Å². The fourth-order valence-corrected chi connectivity index (χ4v) is 4.23. The number of nitrogens with one attached hydrogen (secondary N) is 4. The van der Waals surface area contributed by atoms with E-state index in [9.17, 15) is 0 Å². The zero-order valence-corrected chi connectivity index (χ0v) is 9.12. The van der Waals surface area contributed by atoms with Crippen LogP contribution in [0.25, 0.3) is 0 Å². The smallest absolute Gasteiger partial charge is 0.0556 e. The monoisotopic (exact) mass is 228 g/mol. The van der Waals surface area contributed by atoms with Crippen molar-refractivity contribution in [3.8, 4) is 12.3 Å². The molecule has 14 heavy (non-hydrogen) atoms. The molecule has 0 bridgehead atoms. The highest BCUT2D eigenvalue weighted by Crippen LogP contribution is 2.34. The van der Waals surface area contributed by atoms with Crippen molar-refractivity contribution in [2.45, 2.75) is 30.6 Å². The lowest BCUT2D eigenvalue weighted by atomic mass is 9.76. The Morgan fingerprint density at radius 3 is 2.07 bits per heavy atom. The number of hydrogen-bond acceptors (Lipinski definition) is 6. The highest BCUT2D eigenvalue weighted by Gasteiger charge is 2.48. The molecule has 4 unspecified atom stereocenters. The summed E-state index contributed by atoms with van der Waals surface area (Å²) < 4.78 is 13.5. The van der Waals surface area contributed by atoms with E-state index in [4.69, 9.17) is 6.42 Å². The number of hydrogen-bond donors (Lipinski definition) is 4. The van der Waals surface area contributed by atoms with Crippen LogP contribution in [-0.2, 0) is 0 Å². The van der Waals surface area contributed by atoms with Crippen LogP contribution in [0, 0.1) is 18.3 Å². The Bertz CT molecular complexity index is 259. The van der Waals surface area contributed by atoms with Gasteiger partial charge < -0.3 is 0 Å². The molecule has 3 rings (SSSR count). The van der Waals surface area contributed by atoms with E-state index in [1.165, 1.54) is 0 Å². The second kappa shape index (κ2) is 3.59. The lowest BCUT2D eigenvalue weighted by Gasteiger charge is -2.37. The van der Waals surface area contributed by atoms with Gasteiger partial charge in [0.15, 0.2) is 0 Å². The Balaban J connectivity index is 1.87. The minimum atomic E-state index is 0.267. The first-order valence-electron chi connectivity index (χ1n) is 4.70. The molecule has 0 radical (unpaired) electrons. The second-order valence-corrected chi connectivity index (χ2v) is 5.22. The minimum absolute atomic E-state index is 0.267. The molecule has 3 fully saturated rings. The molecule has 0 aromatic carbocycles. The summed E-state index contributed by atoms with van der Waals surface area (Å²) in [5.74, 6) is 3.18. The summed E-state index contributed by atoms with van der Waals surface area (Å²) >= 11 is 3.16. The van der Waals surface area contributed by atoms with Crippen molar-refractivity contribution in [1.82, 2.24) is 18.9 Å². The zero-order valence-electron chi connectivity index (χ0n) is 7.49. The van der Waals surface area contributed by atoms with Crippen LogP contribution < -0.4 is 18.9 Å². The first-order chi connectivity index (χ1) is 6.90. The van der Waals surface area contributed by atoms with Crippen LogP contribution >= 0.6 is 24.3 Å². The van der Waals surface area contributed by atoms with Crippen LogP contribution in [0.3, 0.4) is 0 Å². The van der Waals surface area contributed by atoms with E-state index >= 15 is 0 Å². The maximum Gasteiger partial charge on any atom is 0.0556 e. The molecular weight excluding hydrogens is 216 g/mol. The van der Waals surface area contributed by atoms with Crippen molar-refractivity contribution in [2.24, 2.45) is 5.92 Å². The molecule has 2 aliphatic heterocycles. The molecule has 1 saturated carbocycles. The van der Waals surface area contributed by atoms with Gasteiger partial charge in [-0.15, -0.1) is 6.42 Å². The van der Waals surface area contributed by atoms with Crippen LogP contribution in [0.15, 0.2) is 0 Å². The van der Waals surface area contributed by atoms with Gasteiger partial charge in [0, 0.05) is 36.4 Å². The van der Waals surface area contributed by atoms with E-state index in [1.807, 2.05) is 0 Å². The SMILES string of the molecule is C#CC1C2NSNC2CC2NSNC21. The third kappa shape index (κ3) is 1.28. The number of terminal acetylenes is 1. The summed E-state index contributed by atoms with van der Waals surface area (Å²) in [4.78, 5) is 0. The van der Waals surface area contributed by atoms with Crippen LogP contribution in [0.4, 0.5) is 0 Å². The molecule has 0 spiro atoms. The normalized spacial score (nSPS) is 50.9. The third-order valence-electron chi connectivity index (χ3n) is 3.15. The molecule has 2 saturated heterocycles. The van der Waals surface area contributed by atoms with E-state index in [1.54, 1.807) is 24.3 Å². The minimum Gasteiger partial charge on any atom is -0.246 e. The molecule has 6 heteroatoms. The Hall–Kier alpha value is 0.1000. The summed E-state index contributed by atoms with van der Waals surface area (Å²) in [6.07, 6.45) is 6.74. The molecule has 3 aliphatic rings. The molecule has 4 N–H and O–H groups in total. The second-order valence-electron chi connectivity index (χ2n) is 3.87. The summed E-state index contributed by atoms with van der Waals surface area (Å²) in [7, 11) is 0. The topological polar surface area (TPSA) is 48.1 Å². The van der Waals surface area contributed by atoms with E-state index in [0.29, 0.717) is 24.2 Å².